The van der Waals surface area contributed by atoms with Crippen molar-refractivity contribution >= 4 is 11.6 Å². The van der Waals surface area contributed by atoms with Crippen molar-refractivity contribution in [1.29, 1.82) is 0 Å². The summed E-state index contributed by atoms with van der Waals surface area (Å²) in [6.45, 7) is 3.08. The predicted molar refractivity (Wildman–Crippen MR) is 91.8 cm³/mol. The highest BCUT2D eigenvalue weighted by molar-refractivity contribution is 6.06. The van der Waals surface area contributed by atoms with E-state index in [4.69, 9.17) is 4.74 Å². The molecule has 1 aliphatic rings. The number of ether oxygens (including phenoxy) is 1. The highest BCUT2D eigenvalue weighted by Gasteiger charge is 2.27. The van der Waals surface area contributed by atoms with Crippen LogP contribution in [0.3, 0.4) is 0 Å². The van der Waals surface area contributed by atoms with Crippen molar-refractivity contribution in [2.45, 2.75) is 32.7 Å². The molecular weight excluding hydrogens is 306 g/mol. The van der Waals surface area contributed by atoms with E-state index in [1.165, 1.54) is 16.8 Å². The van der Waals surface area contributed by atoms with Crippen LogP contribution >= 0.6 is 0 Å². The Morgan fingerprint density at radius 1 is 1.29 bits per heavy atom. The van der Waals surface area contributed by atoms with Gasteiger partial charge in [0.1, 0.15) is 11.4 Å². The van der Waals surface area contributed by atoms with Crippen molar-refractivity contribution < 1.29 is 9.53 Å². The number of hydrogen-bond acceptors (Lipinski definition) is 4. The van der Waals surface area contributed by atoms with Gasteiger partial charge in [-0.2, -0.15) is 5.10 Å². The van der Waals surface area contributed by atoms with E-state index in [-0.39, 0.29) is 17.2 Å². The number of carbonyl (C=O) groups excluding carboxylic acids is 1. The molecule has 0 saturated carbocycles. The first-order chi connectivity index (χ1) is 11.7. The Morgan fingerprint density at radius 3 is 2.88 bits per heavy atom. The highest BCUT2D eigenvalue weighted by Crippen LogP contribution is 2.36. The van der Waals surface area contributed by atoms with Gasteiger partial charge in [-0.05, 0) is 37.0 Å². The molecule has 0 saturated heterocycles. The van der Waals surface area contributed by atoms with Crippen LogP contribution in [0.4, 0.5) is 5.69 Å². The van der Waals surface area contributed by atoms with Crippen LogP contribution in [0, 0.1) is 0 Å². The Labute approximate surface area is 140 Å². The van der Waals surface area contributed by atoms with Gasteiger partial charge >= 0.3 is 0 Å². The number of anilines is 1. The second-order valence-electron chi connectivity index (χ2n) is 5.81. The summed E-state index contributed by atoms with van der Waals surface area (Å²) >= 11 is 0. The lowest BCUT2D eigenvalue weighted by Gasteiger charge is -2.30. The van der Waals surface area contributed by atoms with Crippen molar-refractivity contribution in [1.82, 2.24) is 9.78 Å². The fourth-order valence-corrected chi connectivity index (χ4v) is 3.06. The molecule has 3 rings (SSSR count). The molecule has 126 valence electrons. The van der Waals surface area contributed by atoms with E-state index in [9.17, 15) is 9.59 Å². The number of hydrogen-bond donors (Lipinski definition) is 0. The smallest absolute Gasteiger partial charge is 0.278 e. The molecule has 2 aromatic rings. The highest BCUT2D eigenvalue weighted by atomic mass is 16.5. The standard InChI is InChI=1S/C18H21N3O3/c1-3-11-21-16(22)10-9-14(19-21)18(23)20-12-5-7-13-6-4-8-15(24-2)17(13)20/h4,6,8-10H,3,5,7,11-12H2,1-2H3. The zero-order chi connectivity index (χ0) is 17.1. The first-order valence-electron chi connectivity index (χ1n) is 8.21. The average Bonchev–Trinajstić information content (AvgIpc) is 2.62. The van der Waals surface area contributed by atoms with Crippen molar-refractivity contribution in [2.24, 2.45) is 0 Å². The molecule has 0 radical (unpaired) electrons. The van der Waals surface area contributed by atoms with Crippen LogP contribution in [-0.2, 0) is 13.0 Å². The van der Waals surface area contributed by atoms with E-state index in [0.29, 0.717) is 18.8 Å². The van der Waals surface area contributed by atoms with Crippen molar-refractivity contribution in [3.8, 4) is 5.75 Å². The summed E-state index contributed by atoms with van der Waals surface area (Å²) in [5.41, 5.74) is 1.99. The van der Waals surface area contributed by atoms with E-state index < -0.39 is 0 Å². The Bertz CT molecular complexity index is 799. The number of nitrogens with zero attached hydrogens (tertiary/aromatic N) is 3. The van der Waals surface area contributed by atoms with Crippen LogP contribution in [0.2, 0.25) is 0 Å². The molecule has 0 bridgehead atoms. The Kier molecular flexibility index (Phi) is 4.64. The molecule has 0 atom stereocenters. The Morgan fingerprint density at radius 2 is 2.12 bits per heavy atom. The molecular formula is C18H21N3O3. The molecule has 0 N–H and O–H groups in total. The van der Waals surface area contributed by atoms with Crippen LogP contribution in [0.1, 0.15) is 35.8 Å². The maximum absolute atomic E-state index is 13.0. The third-order valence-electron chi connectivity index (χ3n) is 4.17. The summed E-state index contributed by atoms with van der Waals surface area (Å²) in [5.74, 6) is 0.479. The van der Waals surface area contributed by atoms with Crippen LogP contribution in [0.5, 0.6) is 5.75 Å². The molecule has 1 amide bonds. The maximum atomic E-state index is 13.0. The lowest BCUT2D eigenvalue weighted by molar-refractivity contribution is 0.0977. The Balaban J connectivity index is 2.01. The second kappa shape index (κ2) is 6.86. The number of aryl methyl sites for hydroxylation is 2. The van der Waals surface area contributed by atoms with Gasteiger partial charge in [-0.3, -0.25) is 9.59 Å². The fraction of sp³-hybridized carbons (Fsp3) is 0.389. The molecule has 0 fully saturated rings. The third kappa shape index (κ3) is 2.91. The summed E-state index contributed by atoms with van der Waals surface area (Å²) in [5, 5.41) is 4.24. The average molecular weight is 327 g/mol. The van der Waals surface area contributed by atoms with E-state index >= 15 is 0 Å². The summed E-state index contributed by atoms with van der Waals surface area (Å²) in [6, 6.07) is 8.72. The molecule has 0 spiro atoms. The van der Waals surface area contributed by atoms with Gasteiger partial charge in [0.15, 0.2) is 0 Å². The number of aromatic nitrogens is 2. The SMILES string of the molecule is CCCn1nc(C(=O)N2CCCc3cccc(OC)c32)ccc1=O. The number of para-hydroxylation sites is 1. The zero-order valence-electron chi connectivity index (χ0n) is 14.0. The molecule has 24 heavy (non-hydrogen) atoms. The molecule has 0 aliphatic carbocycles. The molecule has 1 aromatic heterocycles. The largest absolute Gasteiger partial charge is 0.495 e. The van der Waals surface area contributed by atoms with Gasteiger partial charge < -0.3 is 9.64 Å². The van der Waals surface area contributed by atoms with Crippen LogP contribution in [-0.4, -0.2) is 29.3 Å². The zero-order valence-corrected chi connectivity index (χ0v) is 14.0. The monoisotopic (exact) mass is 327 g/mol. The topological polar surface area (TPSA) is 64.4 Å². The van der Waals surface area contributed by atoms with E-state index in [2.05, 4.69) is 5.10 Å². The number of methoxy groups -OCH3 is 1. The van der Waals surface area contributed by atoms with Crippen LogP contribution < -0.4 is 15.2 Å². The number of amides is 1. The third-order valence-corrected chi connectivity index (χ3v) is 4.17. The van der Waals surface area contributed by atoms with E-state index in [0.717, 1.165) is 30.5 Å². The quantitative estimate of drug-likeness (QED) is 0.864. The van der Waals surface area contributed by atoms with Crippen molar-refractivity contribution in [3.05, 3.63) is 51.9 Å². The molecule has 1 aliphatic heterocycles. The predicted octanol–water partition coefficient (Wildman–Crippen LogP) is 2.25. The van der Waals surface area contributed by atoms with E-state index in [1.807, 2.05) is 25.1 Å². The van der Waals surface area contributed by atoms with Crippen molar-refractivity contribution in [3.63, 3.8) is 0 Å². The number of fused-ring (bicyclic) bond motifs is 1. The first-order valence-corrected chi connectivity index (χ1v) is 8.21. The van der Waals surface area contributed by atoms with Crippen LogP contribution in [0.15, 0.2) is 35.1 Å². The lowest BCUT2D eigenvalue weighted by atomic mass is 10.0. The second-order valence-corrected chi connectivity index (χ2v) is 5.81. The minimum absolute atomic E-state index is 0.190. The first kappa shape index (κ1) is 16.2. The summed E-state index contributed by atoms with van der Waals surface area (Å²) in [7, 11) is 1.60. The Hall–Kier alpha value is -2.63. The normalized spacial score (nSPS) is 13.5. The number of benzene rings is 1. The van der Waals surface area contributed by atoms with E-state index in [1.54, 1.807) is 12.0 Å². The minimum Gasteiger partial charge on any atom is -0.495 e. The molecule has 6 heteroatoms. The van der Waals surface area contributed by atoms with Gasteiger partial charge in [0.25, 0.3) is 11.5 Å². The molecule has 0 unspecified atom stereocenters. The van der Waals surface area contributed by atoms with Crippen molar-refractivity contribution in [2.75, 3.05) is 18.6 Å². The minimum atomic E-state index is -0.203. The summed E-state index contributed by atoms with van der Waals surface area (Å²) < 4.78 is 6.79. The molecule has 1 aromatic carbocycles. The summed E-state index contributed by atoms with van der Waals surface area (Å²) in [4.78, 5) is 26.5. The molecule has 2 heterocycles. The van der Waals surface area contributed by atoms with Crippen LogP contribution in [0.25, 0.3) is 0 Å². The van der Waals surface area contributed by atoms with Gasteiger partial charge in [-0.15, -0.1) is 0 Å². The van der Waals surface area contributed by atoms with Gasteiger partial charge in [-0.1, -0.05) is 19.1 Å². The summed E-state index contributed by atoms with van der Waals surface area (Å²) in [6.07, 6.45) is 2.59. The van der Waals surface area contributed by atoms with Gasteiger partial charge in [-0.25, -0.2) is 4.68 Å². The maximum Gasteiger partial charge on any atom is 0.278 e. The fourth-order valence-electron chi connectivity index (χ4n) is 3.06. The van der Waals surface area contributed by atoms with Gasteiger partial charge in [0.2, 0.25) is 0 Å². The number of rotatable bonds is 4. The molecule has 6 nitrogen and oxygen atoms in total. The lowest BCUT2D eigenvalue weighted by Crippen LogP contribution is -2.37. The van der Waals surface area contributed by atoms with Gasteiger partial charge in [0, 0.05) is 19.2 Å². The number of carbonyl (C=O) groups is 1. The van der Waals surface area contributed by atoms with Gasteiger partial charge in [0.05, 0.1) is 12.8 Å².